The summed E-state index contributed by atoms with van der Waals surface area (Å²) in [5.41, 5.74) is 0. The summed E-state index contributed by atoms with van der Waals surface area (Å²) in [6.45, 7) is 4.08. The quantitative estimate of drug-likeness (QED) is 0.632. The predicted molar refractivity (Wildman–Crippen MR) is 60.6 cm³/mol. The molecule has 6 nitrogen and oxygen atoms in total. The topological polar surface area (TPSA) is 71.8 Å². The van der Waals surface area contributed by atoms with Gasteiger partial charge in [0.1, 0.15) is 12.2 Å². The van der Waals surface area contributed by atoms with Crippen LogP contribution in [0.5, 0.6) is 0 Å². The van der Waals surface area contributed by atoms with Gasteiger partial charge < -0.3 is 10.6 Å². The molecule has 1 heterocycles. The highest BCUT2D eigenvalue weighted by Gasteiger charge is 2.01. The molecular formula is C10H19N5O. The number of hydrogen-bond acceptors (Lipinski definition) is 4. The molecule has 90 valence electrons. The van der Waals surface area contributed by atoms with Crippen LogP contribution < -0.4 is 10.6 Å². The van der Waals surface area contributed by atoms with Crippen LogP contribution in [-0.4, -0.2) is 33.8 Å². The van der Waals surface area contributed by atoms with E-state index in [2.05, 4.69) is 20.7 Å². The summed E-state index contributed by atoms with van der Waals surface area (Å²) in [7, 11) is 1.85. The van der Waals surface area contributed by atoms with Gasteiger partial charge in [-0.2, -0.15) is 5.10 Å². The molecule has 1 rings (SSSR count). The molecule has 2 N–H and O–H groups in total. The van der Waals surface area contributed by atoms with Gasteiger partial charge in [0.05, 0.1) is 6.54 Å². The van der Waals surface area contributed by atoms with Crippen molar-refractivity contribution in [3.05, 3.63) is 12.2 Å². The first-order chi connectivity index (χ1) is 7.74. The van der Waals surface area contributed by atoms with Crippen molar-refractivity contribution >= 4 is 5.91 Å². The van der Waals surface area contributed by atoms with Gasteiger partial charge in [-0.3, -0.25) is 9.48 Å². The van der Waals surface area contributed by atoms with Crippen LogP contribution in [0.2, 0.25) is 0 Å². The van der Waals surface area contributed by atoms with E-state index < -0.39 is 0 Å². The van der Waals surface area contributed by atoms with Gasteiger partial charge in [-0.15, -0.1) is 0 Å². The molecule has 0 spiro atoms. The minimum Gasteiger partial charge on any atom is -0.356 e. The molecule has 1 aromatic heterocycles. The lowest BCUT2D eigenvalue weighted by Gasteiger charge is -2.05. The summed E-state index contributed by atoms with van der Waals surface area (Å²) in [5.74, 6) is 0.960. The number of nitrogens with zero attached hydrogens (tertiary/aromatic N) is 3. The van der Waals surface area contributed by atoms with Gasteiger partial charge in [-0.25, -0.2) is 4.98 Å². The summed E-state index contributed by atoms with van der Waals surface area (Å²) < 4.78 is 1.71. The van der Waals surface area contributed by atoms with E-state index >= 15 is 0 Å². The van der Waals surface area contributed by atoms with E-state index in [1.54, 1.807) is 4.68 Å². The van der Waals surface area contributed by atoms with Crippen LogP contribution >= 0.6 is 0 Å². The van der Waals surface area contributed by atoms with Crippen LogP contribution in [0.1, 0.15) is 25.6 Å². The Morgan fingerprint density at radius 3 is 2.94 bits per heavy atom. The van der Waals surface area contributed by atoms with Crippen molar-refractivity contribution in [1.29, 1.82) is 0 Å². The maximum absolute atomic E-state index is 11.2. The van der Waals surface area contributed by atoms with Crippen molar-refractivity contribution in [3.63, 3.8) is 0 Å². The maximum atomic E-state index is 11.2. The molecular weight excluding hydrogens is 206 g/mol. The van der Waals surface area contributed by atoms with Crippen molar-refractivity contribution in [1.82, 2.24) is 25.4 Å². The van der Waals surface area contributed by atoms with Crippen LogP contribution in [0, 0.1) is 0 Å². The highest BCUT2D eigenvalue weighted by atomic mass is 16.1. The van der Waals surface area contributed by atoms with E-state index in [0.717, 1.165) is 18.8 Å². The molecule has 0 aliphatic carbocycles. The molecule has 6 heteroatoms. The van der Waals surface area contributed by atoms with E-state index in [4.69, 9.17) is 0 Å². The summed E-state index contributed by atoms with van der Waals surface area (Å²) in [6, 6.07) is 0. The predicted octanol–water partition coefficient (Wildman–Crippen LogP) is -0.179. The third-order valence-electron chi connectivity index (χ3n) is 2.19. The minimum atomic E-state index is 0.0901. The van der Waals surface area contributed by atoms with Crippen molar-refractivity contribution in [3.8, 4) is 0 Å². The first kappa shape index (κ1) is 12.6. The molecule has 0 saturated heterocycles. The van der Waals surface area contributed by atoms with E-state index in [0.29, 0.717) is 19.5 Å². The molecule has 1 amide bonds. The normalized spacial score (nSPS) is 10.4. The zero-order chi connectivity index (χ0) is 11.8. The molecule has 1 aromatic rings. The van der Waals surface area contributed by atoms with Crippen molar-refractivity contribution in [2.24, 2.45) is 7.05 Å². The van der Waals surface area contributed by atoms with Gasteiger partial charge in [0, 0.05) is 26.6 Å². The summed E-state index contributed by atoms with van der Waals surface area (Å²) in [4.78, 5) is 15.3. The first-order valence-corrected chi connectivity index (χ1v) is 5.54. The van der Waals surface area contributed by atoms with Crippen molar-refractivity contribution in [2.75, 3.05) is 13.1 Å². The van der Waals surface area contributed by atoms with Crippen LogP contribution in [-0.2, 0) is 18.4 Å². The molecule has 0 aliphatic rings. The monoisotopic (exact) mass is 225 g/mol. The average Bonchev–Trinajstić information content (AvgIpc) is 2.67. The smallest absolute Gasteiger partial charge is 0.221 e. The van der Waals surface area contributed by atoms with Gasteiger partial charge in [0.25, 0.3) is 0 Å². The number of nitrogens with one attached hydrogen (secondary N) is 2. The minimum absolute atomic E-state index is 0.0901. The summed E-state index contributed by atoms with van der Waals surface area (Å²) in [6.07, 6.45) is 2.99. The summed E-state index contributed by atoms with van der Waals surface area (Å²) in [5, 5.41) is 9.93. The lowest BCUT2D eigenvalue weighted by molar-refractivity contribution is -0.120. The molecule has 0 aliphatic heterocycles. The molecule has 0 aromatic carbocycles. The Labute approximate surface area is 95.4 Å². The molecule has 0 atom stereocenters. The highest BCUT2D eigenvalue weighted by molar-refractivity contribution is 5.75. The third kappa shape index (κ3) is 4.39. The van der Waals surface area contributed by atoms with Crippen LogP contribution in [0.4, 0.5) is 0 Å². The first-order valence-electron chi connectivity index (χ1n) is 5.54. The SMILES string of the molecule is CCCNC(=O)CCNCc1ncnn1C. The second kappa shape index (κ2) is 6.95. The van der Waals surface area contributed by atoms with E-state index in [1.807, 2.05) is 14.0 Å². The van der Waals surface area contributed by atoms with Crippen LogP contribution in [0.15, 0.2) is 6.33 Å². The number of rotatable bonds is 7. The van der Waals surface area contributed by atoms with Gasteiger partial charge in [-0.1, -0.05) is 6.92 Å². The standard InChI is InChI=1S/C10H19N5O/c1-3-5-12-10(16)4-6-11-7-9-13-8-14-15(9)2/h8,11H,3-7H2,1-2H3,(H,12,16). The van der Waals surface area contributed by atoms with Crippen molar-refractivity contribution < 1.29 is 4.79 Å². The van der Waals surface area contributed by atoms with Crippen LogP contribution in [0.25, 0.3) is 0 Å². The van der Waals surface area contributed by atoms with E-state index in [9.17, 15) is 4.79 Å². The zero-order valence-electron chi connectivity index (χ0n) is 9.86. The van der Waals surface area contributed by atoms with Gasteiger partial charge in [0.15, 0.2) is 0 Å². The number of aromatic nitrogens is 3. The van der Waals surface area contributed by atoms with Gasteiger partial charge in [-0.05, 0) is 6.42 Å². The number of carbonyl (C=O) groups is 1. The van der Waals surface area contributed by atoms with E-state index in [1.165, 1.54) is 6.33 Å². The zero-order valence-corrected chi connectivity index (χ0v) is 9.86. The fourth-order valence-electron chi connectivity index (χ4n) is 1.24. The third-order valence-corrected chi connectivity index (χ3v) is 2.19. The number of aryl methyl sites for hydroxylation is 1. The van der Waals surface area contributed by atoms with Gasteiger partial charge in [0.2, 0.25) is 5.91 Å². The number of amides is 1. The molecule has 16 heavy (non-hydrogen) atoms. The number of hydrogen-bond donors (Lipinski definition) is 2. The Hall–Kier alpha value is -1.43. The molecule has 0 unspecified atom stereocenters. The second-order valence-electron chi connectivity index (χ2n) is 3.58. The Morgan fingerprint density at radius 1 is 1.50 bits per heavy atom. The van der Waals surface area contributed by atoms with Crippen LogP contribution in [0.3, 0.4) is 0 Å². The van der Waals surface area contributed by atoms with Gasteiger partial charge >= 0.3 is 0 Å². The van der Waals surface area contributed by atoms with E-state index in [-0.39, 0.29) is 5.91 Å². The second-order valence-corrected chi connectivity index (χ2v) is 3.58. The Morgan fingerprint density at radius 2 is 2.31 bits per heavy atom. The lowest BCUT2D eigenvalue weighted by atomic mass is 10.3. The average molecular weight is 225 g/mol. The molecule has 0 saturated carbocycles. The lowest BCUT2D eigenvalue weighted by Crippen LogP contribution is -2.28. The summed E-state index contributed by atoms with van der Waals surface area (Å²) >= 11 is 0. The Balaban J connectivity index is 2.08. The van der Waals surface area contributed by atoms with Crippen molar-refractivity contribution in [2.45, 2.75) is 26.3 Å². The molecule has 0 bridgehead atoms. The Bertz CT molecular complexity index is 323. The molecule has 0 fully saturated rings. The molecule has 0 radical (unpaired) electrons. The Kier molecular flexibility index (Phi) is 5.49. The highest BCUT2D eigenvalue weighted by Crippen LogP contribution is 1.89. The fraction of sp³-hybridized carbons (Fsp3) is 0.700. The largest absolute Gasteiger partial charge is 0.356 e. The number of carbonyl (C=O) groups excluding carboxylic acids is 1. The fourth-order valence-corrected chi connectivity index (χ4v) is 1.24. The maximum Gasteiger partial charge on any atom is 0.221 e.